The van der Waals surface area contributed by atoms with E-state index in [-0.39, 0.29) is 24.1 Å². The number of aliphatic hydroxyl groups excluding tert-OH is 1. The number of carbonyl (C=O) groups is 2. The molecule has 2 N–H and O–H groups in total. The summed E-state index contributed by atoms with van der Waals surface area (Å²) in [6.07, 6.45) is -1.31. The number of nitrogens with zero attached hydrogens (tertiary/aromatic N) is 2. The van der Waals surface area contributed by atoms with E-state index in [0.717, 1.165) is 11.3 Å². The number of amides is 1. The average Bonchev–Trinajstić information content (AvgIpc) is 3.11. The van der Waals surface area contributed by atoms with E-state index in [1.807, 2.05) is 44.2 Å². The zero-order valence-corrected chi connectivity index (χ0v) is 18.1. The Bertz CT molecular complexity index is 829. The molecule has 0 aliphatic heterocycles. The molecule has 1 aromatic carbocycles. The van der Waals surface area contributed by atoms with Crippen LogP contribution >= 0.6 is 11.3 Å². The fourth-order valence-corrected chi connectivity index (χ4v) is 3.67. The molecule has 8 heteroatoms. The fraction of sp³-hybridized carbons (Fsp3) is 0.476. The summed E-state index contributed by atoms with van der Waals surface area (Å²) >= 11 is 1.09. The van der Waals surface area contributed by atoms with Crippen molar-refractivity contribution in [2.45, 2.75) is 58.8 Å². The molecule has 1 aromatic heterocycles. The Hall–Kier alpha value is -2.45. The van der Waals surface area contributed by atoms with Crippen molar-refractivity contribution < 1.29 is 24.5 Å². The summed E-state index contributed by atoms with van der Waals surface area (Å²) in [5.41, 5.74) is -0.106. The van der Waals surface area contributed by atoms with Gasteiger partial charge in [-0.25, -0.2) is 14.6 Å². The van der Waals surface area contributed by atoms with Crippen molar-refractivity contribution in [3.63, 3.8) is 0 Å². The van der Waals surface area contributed by atoms with E-state index in [0.29, 0.717) is 10.7 Å². The van der Waals surface area contributed by atoms with Crippen molar-refractivity contribution in [3.8, 4) is 0 Å². The summed E-state index contributed by atoms with van der Waals surface area (Å²) < 4.78 is 5.62. The molecule has 0 aliphatic rings. The van der Waals surface area contributed by atoms with Gasteiger partial charge < -0.3 is 14.9 Å². The maximum atomic E-state index is 13.0. The van der Waals surface area contributed by atoms with Gasteiger partial charge in [0.1, 0.15) is 16.7 Å². The lowest BCUT2D eigenvalue weighted by molar-refractivity contribution is 0.0536. The van der Waals surface area contributed by atoms with Crippen LogP contribution in [0.2, 0.25) is 0 Å². The van der Waals surface area contributed by atoms with Gasteiger partial charge in [0.15, 0.2) is 5.69 Å². The minimum absolute atomic E-state index is 0.00344. The number of thiazole rings is 1. The van der Waals surface area contributed by atoms with E-state index in [2.05, 4.69) is 4.98 Å². The molecule has 7 nitrogen and oxygen atoms in total. The molecule has 1 heterocycles. The highest BCUT2D eigenvalue weighted by molar-refractivity contribution is 7.09. The minimum Gasteiger partial charge on any atom is -0.476 e. The lowest BCUT2D eigenvalue weighted by Gasteiger charge is -2.36. The lowest BCUT2D eigenvalue weighted by atomic mass is 9.95. The molecule has 2 rings (SSSR count). The van der Waals surface area contributed by atoms with Crippen LogP contribution in [-0.2, 0) is 4.74 Å². The van der Waals surface area contributed by atoms with E-state index in [1.54, 1.807) is 25.7 Å². The highest BCUT2D eigenvalue weighted by Gasteiger charge is 2.34. The fourth-order valence-electron chi connectivity index (χ4n) is 2.88. The number of hydrogen-bond acceptors (Lipinski definition) is 6. The topological polar surface area (TPSA) is 100.0 Å². The van der Waals surface area contributed by atoms with Gasteiger partial charge in [-0.05, 0) is 38.8 Å². The molecular formula is C21H28N2O5S. The van der Waals surface area contributed by atoms with Gasteiger partial charge in [-0.1, -0.05) is 32.0 Å². The van der Waals surface area contributed by atoms with Crippen LogP contribution in [-0.4, -0.2) is 38.9 Å². The molecule has 29 heavy (non-hydrogen) atoms. The summed E-state index contributed by atoms with van der Waals surface area (Å²) in [6.45, 7) is 9.33. The van der Waals surface area contributed by atoms with E-state index in [1.165, 1.54) is 5.38 Å². The molecule has 0 unspecified atom stereocenters. The molecule has 0 fully saturated rings. The first kappa shape index (κ1) is 22.8. The van der Waals surface area contributed by atoms with Crippen LogP contribution in [0.15, 0.2) is 35.7 Å². The number of aromatic nitrogens is 1. The van der Waals surface area contributed by atoms with Crippen molar-refractivity contribution in [1.82, 2.24) is 4.98 Å². The Morgan fingerprint density at radius 3 is 2.31 bits per heavy atom. The number of hydrogen-bond donors (Lipinski definition) is 2. The third kappa shape index (κ3) is 6.27. The van der Waals surface area contributed by atoms with Crippen molar-refractivity contribution >= 4 is 29.1 Å². The second-order valence-corrected chi connectivity index (χ2v) is 9.01. The summed E-state index contributed by atoms with van der Waals surface area (Å²) in [4.78, 5) is 29.7. The molecular weight excluding hydrogens is 392 g/mol. The van der Waals surface area contributed by atoms with Crippen LogP contribution in [0.4, 0.5) is 10.5 Å². The number of aliphatic hydroxyl groups is 1. The van der Waals surface area contributed by atoms with Crippen LogP contribution in [0.5, 0.6) is 0 Å². The molecule has 0 aliphatic carbocycles. The number of carboxylic acid groups (broad SMARTS) is 1. The molecule has 2 atom stereocenters. The average molecular weight is 421 g/mol. The Morgan fingerprint density at radius 1 is 1.21 bits per heavy atom. The molecule has 0 saturated carbocycles. The minimum atomic E-state index is -1.14. The van der Waals surface area contributed by atoms with Gasteiger partial charge in [0, 0.05) is 23.5 Å². The Balaban J connectivity index is 2.35. The Morgan fingerprint density at radius 2 is 1.83 bits per heavy atom. The maximum absolute atomic E-state index is 13.0. The first-order valence-electron chi connectivity index (χ1n) is 9.43. The van der Waals surface area contributed by atoms with Gasteiger partial charge in [-0.15, -0.1) is 11.3 Å². The predicted octanol–water partition coefficient (Wildman–Crippen LogP) is 4.73. The second kappa shape index (κ2) is 9.37. The number of benzene rings is 1. The predicted molar refractivity (Wildman–Crippen MR) is 112 cm³/mol. The SMILES string of the molecule is CC(C)[C@@H](C[C@@H](O)c1nc(C(=O)O)cs1)N(C(=O)OC(C)(C)C)c1ccccc1. The number of carbonyl (C=O) groups excluding carboxylic acids is 1. The highest BCUT2D eigenvalue weighted by Crippen LogP contribution is 2.31. The van der Waals surface area contributed by atoms with Crippen LogP contribution < -0.4 is 4.90 Å². The maximum Gasteiger partial charge on any atom is 0.415 e. The Labute approximate surface area is 175 Å². The van der Waals surface area contributed by atoms with Gasteiger partial charge in [-0.3, -0.25) is 4.90 Å². The van der Waals surface area contributed by atoms with Crippen molar-refractivity contribution in [2.24, 2.45) is 5.92 Å². The van der Waals surface area contributed by atoms with Gasteiger partial charge in [0.25, 0.3) is 0 Å². The zero-order chi connectivity index (χ0) is 21.8. The van der Waals surface area contributed by atoms with Crippen LogP contribution in [0, 0.1) is 5.92 Å². The highest BCUT2D eigenvalue weighted by atomic mass is 32.1. The summed E-state index contributed by atoms with van der Waals surface area (Å²) in [5, 5.41) is 21.5. The monoisotopic (exact) mass is 420 g/mol. The first-order chi connectivity index (χ1) is 13.5. The third-order valence-electron chi connectivity index (χ3n) is 4.22. The number of rotatable bonds is 7. The van der Waals surface area contributed by atoms with E-state index < -0.39 is 23.8 Å². The summed E-state index contributed by atoms with van der Waals surface area (Å²) in [7, 11) is 0. The van der Waals surface area contributed by atoms with Crippen LogP contribution in [0.1, 0.15) is 62.6 Å². The van der Waals surface area contributed by atoms with E-state index in [4.69, 9.17) is 9.84 Å². The zero-order valence-electron chi connectivity index (χ0n) is 17.3. The largest absolute Gasteiger partial charge is 0.476 e. The molecule has 1 amide bonds. The number of carboxylic acids is 1. The third-order valence-corrected chi connectivity index (χ3v) is 5.16. The normalized spacial score (nSPS) is 13.8. The van der Waals surface area contributed by atoms with Crippen LogP contribution in [0.25, 0.3) is 0 Å². The van der Waals surface area contributed by atoms with Gasteiger partial charge >= 0.3 is 12.1 Å². The first-order valence-corrected chi connectivity index (χ1v) is 10.3. The van der Waals surface area contributed by atoms with Gasteiger partial charge in [0.05, 0.1) is 0 Å². The smallest absolute Gasteiger partial charge is 0.415 e. The second-order valence-electron chi connectivity index (χ2n) is 8.12. The number of para-hydroxylation sites is 1. The van der Waals surface area contributed by atoms with Crippen molar-refractivity contribution in [2.75, 3.05) is 4.90 Å². The van der Waals surface area contributed by atoms with E-state index in [9.17, 15) is 14.7 Å². The number of ether oxygens (including phenoxy) is 1. The summed E-state index contributed by atoms with van der Waals surface area (Å²) in [6, 6.07) is 8.77. The van der Waals surface area contributed by atoms with Crippen molar-refractivity contribution in [1.29, 1.82) is 0 Å². The van der Waals surface area contributed by atoms with Gasteiger partial charge in [-0.2, -0.15) is 0 Å². The quantitative estimate of drug-likeness (QED) is 0.672. The molecule has 0 saturated heterocycles. The molecule has 2 aromatic rings. The number of anilines is 1. The number of aromatic carboxylic acids is 1. The molecule has 0 radical (unpaired) electrons. The molecule has 0 bridgehead atoms. The Kier molecular flexibility index (Phi) is 7.37. The van der Waals surface area contributed by atoms with Crippen LogP contribution in [0.3, 0.4) is 0 Å². The van der Waals surface area contributed by atoms with Crippen molar-refractivity contribution in [3.05, 3.63) is 46.4 Å². The lowest BCUT2D eigenvalue weighted by Crippen LogP contribution is -2.46. The molecule has 0 spiro atoms. The summed E-state index contributed by atoms with van der Waals surface area (Å²) in [5.74, 6) is -1.14. The molecule has 158 valence electrons. The van der Waals surface area contributed by atoms with Gasteiger partial charge in [0.2, 0.25) is 0 Å². The van der Waals surface area contributed by atoms with E-state index >= 15 is 0 Å². The standard InChI is InChI=1S/C21H28N2O5S/c1-13(2)16(11-17(24)18-22-15(12-29-18)19(25)26)23(14-9-7-6-8-10-14)20(27)28-21(3,4)5/h6-10,12-13,16-17,24H,11H2,1-5H3,(H,25,26)/t16-,17-/m1/s1.